The minimum Gasteiger partial charge on any atom is -0.434 e. The van der Waals surface area contributed by atoms with E-state index in [9.17, 15) is 0 Å². The molecule has 0 N–H and O–H groups in total. The van der Waals surface area contributed by atoms with E-state index in [0.717, 1.165) is 18.7 Å². The standard InChI is InChI=1S/C17H16N4O/c1-3-21(4-2)14-7-5-13(6-8-14)17-20-16-15(22-17)9-12(10-18)11-19-16/h5-9,11H,3-4H2,1-2H3. The first kappa shape index (κ1) is 14.1. The lowest BCUT2D eigenvalue weighted by Gasteiger charge is -2.20. The topological polar surface area (TPSA) is 66.0 Å². The van der Waals surface area contributed by atoms with Crippen LogP contribution in [0.5, 0.6) is 0 Å². The van der Waals surface area contributed by atoms with Crippen LogP contribution in [0.3, 0.4) is 0 Å². The predicted molar refractivity (Wildman–Crippen MR) is 85.5 cm³/mol. The van der Waals surface area contributed by atoms with E-state index < -0.39 is 0 Å². The second-order valence-electron chi connectivity index (χ2n) is 4.90. The molecule has 0 aliphatic rings. The fourth-order valence-electron chi connectivity index (χ4n) is 2.41. The number of hydrogen-bond acceptors (Lipinski definition) is 5. The molecule has 22 heavy (non-hydrogen) atoms. The molecule has 0 atom stereocenters. The minimum atomic E-state index is 0.465. The Morgan fingerprint density at radius 3 is 2.55 bits per heavy atom. The summed E-state index contributed by atoms with van der Waals surface area (Å²) in [6.07, 6.45) is 1.50. The molecule has 5 nitrogen and oxygen atoms in total. The zero-order valence-electron chi connectivity index (χ0n) is 12.6. The van der Waals surface area contributed by atoms with Gasteiger partial charge in [-0.1, -0.05) is 0 Å². The SMILES string of the molecule is CCN(CC)c1ccc(-c2nc3ncc(C#N)cc3o2)cc1. The summed E-state index contributed by atoms with van der Waals surface area (Å²) in [6, 6.07) is 11.8. The number of aromatic nitrogens is 2. The number of rotatable bonds is 4. The monoisotopic (exact) mass is 292 g/mol. The zero-order chi connectivity index (χ0) is 15.5. The lowest BCUT2D eigenvalue weighted by atomic mass is 10.2. The van der Waals surface area contributed by atoms with Gasteiger partial charge in [0.05, 0.1) is 5.56 Å². The number of anilines is 1. The van der Waals surface area contributed by atoms with Crippen molar-refractivity contribution >= 4 is 16.9 Å². The highest BCUT2D eigenvalue weighted by Gasteiger charge is 2.10. The van der Waals surface area contributed by atoms with E-state index in [-0.39, 0.29) is 0 Å². The Hall–Kier alpha value is -2.87. The molecular weight excluding hydrogens is 276 g/mol. The predicted octanol–water partition coefficient (Wildman–Crippen LogP) is 3.61. The van der Waals surface area contributed by atoms with Gasteiger partial charge in [0.2, 0.25) is 5.89 Å². The summed E-state index contributed by atoms with van der Waals surface area (Å²) < 4.78 is 5.71. The van der Waals surface area contributed by atoms with Crippen LogP contribution in [0, 0.1) is 11.3 Å². The van der Waals surface area contributed by atoms with Crippen LogP contribution in [0.2, 0.25) is 0 Å². The molecule has 3 aromatic rings. The number of pyridine rings is 1. The largest absolute Gasteiger partial charge is 0.434 e. The van der Waals surface area contributed by atoms with Gasteiger partial charge in [-0.2, -0.15) is 10.2 Å². The molecule has 2 heterocycles. The van der Waals surface area contributed by atoms with Gasteiger partial charge in [0.25, 0.3) is 0 Å². The van der Waals surface area contributed by atoms with E-state index in [1.54, 1.807) is 6.07 Å². The molecule has 0 amide bonds. The lowest BCUT2D eigenvalue weighted by molar-refractivity contribution is 0.619. The fraction of sp³-hybridized carbons (Fsp3) is 0.235. The van der Waals surface area contributed by atoms with Crippen LogP contribution in [0.15, 0.2) is 40.9 Å². The molecule has 0 spiro atoms. The molecule has 0 aliphatic carbocycles. The average Bonchev–Trinajstić information content (AvgIpc) is 2.99. The maximum atomic E-state index is 8.89. The molecule has 3 rings (SSSR count). The number of nitriles is 1. The molecule has 0 unspecified atom stereocenters. The Balaban J connectivity index is 1.95. The van der Waals surface area contributed by atoms with Crippen LogP contribution < -0.4 is 4.90 Å². The van der Waals surface area contributed by atoms with Gasteiger partial charge in [0, 0.05) is 36.6 Å². The van der Waals surface area contributed by atoms with E-state index >= 15 is 0 Å². The van der Waals surface area contributed by atoms with Crippen molar-refractivity contribution in [2.75, 3.05) is 18.0 Å². The third-order valence-corrected chi connectivity index (χ3v) is 3.62. The van der Waals surface area contributed by atoms with Gasteiger partial charge in [0.1, 0.15) is 6.07 Å². The Bertz CT molecular complexity index is 826. The van der Waals surface area contributed by atoms with Gasteiger partial charge in [-0.15, -0.1) is 0 Å². The molecule has 0 aliphatic heterocycles. The number of hydrogen-bond donors (Lipinski definition) is 0. The maximum Gasteiger partial charge on any atom is 0.228 e. The van der Waals surface area contributed by atoms with Crippen molar-refractivity contribution in [3.63, 3.8) is 0 Å². The normalized spacial score (nSPS) is 10.6. The Labute approximate surface area is 128 Å². The third-order valence-electron chi connectivity index (χ3n) is 3.62. The Morgan fingerprint density at radius 1 is 1.18 bits per heavy atom. The number of benzene rings is 1. The van der Waals surface area contributed by atoms with Crippen molar-refractivity contribution in [1.29, 1.82) is 5.26 Å². The van der Waals surface area contributed by atoms with E-state index in [4.69, 9.17) is 9.68 Å². The highest BCUT2D eigenvalue weighted by Crippen LogP contribution is 2.25. The Kier molecular flexibility index (Phi) is 3.75. The van der Waals surface area contributed by atoms with E-state index in [1.807, 2.05) is 18.2 Å². The van der Waals surface area contributed by atoms with Gasteiger partial charge in [0.15, 0.2) is 11.2 Å². The lowest BCUT2D eigenvalue weighted by Crippen LogP contribution is -2.21. The highest BCUT2D eigenvalue weighted by molar-refractivity contribution is 5.73. The summed E-state index contributed by atoms with van der Waals surface area (Å²) >= 11 is 0. The fourth-order valence-corrected chi connectivity index (χ4v) is 2.41. The molecule has 0 radical (unpaired) electrons. The maximum absolute atomic E-state index is 8.89. The summed E-state index contributed by atoms with van der Waals surface area (Å²) in [5.74, 6) is 0.517. The highest BCUT2D eigenvalue weighted by atomic mass is 16.3. The molecule has 5 heteroatoms. The number of fused-ring (bicyclic) bond motifs is 1. The molecular formula is C17H16N4O. The average molecular weight is 292 g/mol. The van der Waals surface area contributed by atoms with E-state index in [0.29, 0.717) is 22.7 Å². The van der Waals surface area contributed by atoms with Gasteiger partial charge >= 0.3 is 0 Å². The first-order chi connectivity index (χ1) is 10.7. The number of oxazole rings is 1. The summed E-state index contributed by atoms with van der Waals surface area (Å²) in [4.78, 5) is 10.8. The van der Waals surface area contributed by atoms with Crippen molar-refractivity contribution in [2.24, 2.45) is 0 Å². The van der Waals surface area contributed by atoms with Crippen LogP contribution in [-0.4, -0.2) is 23.1 Å². The van der Waals surface area contributed by atoms with Crippen molar-refractivity contribution in [1.82, 2.24) is 9.97 Å². The van der Waals surface area contributed by atoms with Crippen molar-refractivity contribution in [3.8, 4) is 17.5 Å². The summed E-state index contributed by atoms with van der Waals surface area (Å²) in [5, 5.41) is 8.89. The Morgan fingerprint density at radius 2 is 1.91 bits per heavy atom. The molecule has 0 saturated carbocycles. The third kappa shape index (κ3) is 2.51. The van der Waals surface area contributed by atoms with Crippen LogP contribution in [-0.2, 0) is 0 Å². The van der Waals surface area contributed by atoms with Crippen molar-refractivity contribution in [3.05, 3.63) is 42.1 Å². The van der Waals surface area contributed by atoms with Crippen LogP contribution in [0.25, 0.3) is 22.7 Å². The second kappa shape index (κ2) is 5.86. The van der Waals surface area contributed by atoms with Crippen LogP contribution in [0.4, 0.5) is 5.69 Å². The van der Waals surface area contributed by atoms with Gasteiger partial charge in [-0.25, -0.2) is 4.98 Å². The van der Waals surface area contributed by atoms with E-state index in [2.05, 4.69) is 40.8 Å². The smallest absolute Gasteiger partial charge is 0.228 e. The first-order valence-electron chi connectivity index (χ1n) is 7.27. The van der Waals surface area contributed by atoms with Gasteiger partial charge < -0.3 is 9.32 Å². The molecule has 0 fully saturated rings. The van der Waals surface area contributed by atoms with Gasteiger partial charge in [-0.05, 0) is 38.1 Å². The summed E-state index contributed by atoms with van der Waals surface area (Å²) in [7, 11) is 0. The molecule has 110 valence electrons. The number of nitrogens with zero attached hydrogens (tertiary/aromatic N) is 4. The minimum absolute atomic E-state index is 0.465. The molecule has 0 bridgehead atoms. The first-order valence-corrected chi connectivity index (χ1v) is 7.27. The molecule has 2 aromatic heterocycles. The van der Waals surface area contributed by atoms with Gasteiger partial charge in [-0.3, -0.25) is 0 Å². The van der Waals surface area contributed by atoms with E-state index in [1.165, 1.54) is 11.9 Å². The zero-order valence-corrected chi connectivity index (χ0v) is 12.6. The quantitative estimate of drug-likeness (QED) is 0.735. The summed E-state index contributed by atoms with van der Waals surface area (Å²) in [5.41, 5.74) is 3.58. The summed E-state index contributed by atoms with van der Waals surface area (Å²) in [6.45, 7) is 6.21. The van der Waals surface area contributed by atoms with Crippen molar-refractivity contribution in [2.45, 2.75) is 13.8 Å². The second-order valence-corrected chi connectivity index (χ2v) is 4.90. The van der Waals surface area contributed by atoms with Crippen molar-refractivity contribution < 1.29 is 4.42 Å². The van der Waals surface area contributed by atoms with Crippen LogP contribution >= 0.6 is 0 Å². The molecule has 1 aromatic carbocycles. The van der Waals surface area contributed by atoms with Crippen LogP contribution in [0.1, 0.15) is 19.4 Å². The molecule has 0 saturated heterocycles.